The van der Waals surface area contributed by atoms with Gasteiger partial charge in [0.1, 0.15) is 6.04 Å². The van der Waals surface area contributed by atoms with Crippen LogP contribution in [0.3, 0.4) is 0 Å². The van der Waals surface area contributed by atoms with E-state index in [1.807, 2.05) is 0 Å². The van der Waals surface area contributed by atoms with E-state index >= 15 is 0 Å². The summed E-state index contributed by atoms with van der Waals surface area (Å²) >= 11 is 0. The molecule has 110 valence electrons. The van der Waals surface area contributed by atoms with Gasteiger partial charge in [-0.15, -0.1) is 0 Å². The second kappa shape index (κ2) is 6.86. The minimum atomic E-state index is -0.882. The molecule has 1 fully saturated rings. The van der Waals surface area contributed by atoms with Crippen molar-refractivity contribution in [2.45, 2.75) is 38.8 Å². The van der Waals surface area contributed by atoms with Crippen molar-refractivity contribution in [2.75, 3.05) is 13.1 Å². The van der Waals surface area contributed by atoms with Crippen molar-refractivity contribution < 1.29 is 9.90 Å². The van der Waals surface area contributed by atoms with Crippen LogP contribution < -0.4 is 5.73 Å². The summed E-state index contributed by atoms with van der Waals surface area (Å²) < 4.78 is 0. The summed E-state index contributed by atoms with van der Waals surface area (Å²) in [6, 6.07) is 7.90. The molecule has 4 nitrogen and oxygen atoms in total. The predicted octanol–water partition coefficient (Wildman–Crippen LogP) is 2.01. The number of nitrogens with zero attached hydrogens (tertiary/aromatic N) is 1. The van der Waals surface area contributed by atoms with Gasteiger partial charge < -0.3 is 10.8 Å². The molecule has 0 saturated carbocycles. The molecule has 1 aromatic rings. The fraction of sp³-hybridized carbons (Fsp3) is 0.562. The number of benzene rings is 1. The number of carbonyl (C=O) groups is 1. The van der Waals surface area contributed by atoms with Gasteiger partial charge in [-0.2, -0.15) is 0 Å². The number of hydrogen-bond acceptors (Lipinski definition) is 3. The molecular weight excluding hydrogens is 252 g/mol. The lowest BCUT2D eigenvalue weighted by Crippen LogP contribution is -2.38. The number of carboxylic acid groups (broad SMARTS) is 1. The van der Waals surface area contributed by atoms with Gasteiger partial charge in [0.25, 0.3) is 0 Å². The lowest BCUT2D eigenvalue weighted by Gasteiger charge is -2.32. The molecule has 2 rings (SSSR count). The number of aryl methyl sites for hydroxylation is 1. The van der Waals surface area contributed by atoms with Gasteiger partial charge in [0.15, 0.2) is 0 Å². The summed E-state index contributed by atoms with van der Waals surface area (Å²) in [5.41, 5.74) is 8.26. The summed E-state index contributed by atoms with van der Waals surface area (Å²) in [5, 5.41) is 8.85. The highest BCUT2D eigenvalue weighted by molar-refractivity contribution is 5.73. The summed E-state index contributed by atoms with van der Waals surface area (Å²) in [6.07, 6.45) is 2.70. The van der Waals surface area contributed by atoms with Crippen molar-refractivity contribution >= 4 is 5.97 Å². The molecule has 1 heterocycles. The smallest absolute Gasteiger partial charge is 0.320 e. The Morgan fingerprint density at radius 2 is 2.15 bits per heavy atom. The standard InChI is InChI=1S/C16H24N2O2/c1-12-3-2-4-14(9-12)11-18-7-5-13(6-8-18)10-15(17)16(19)20/h2-4,9,13,15H,5-8,10-11,17H2,1H3,(H,19,20). The molecule has 0 radical (unpaired) electrons. The van der Waals surface area contributed by atoms with Crippen molar-refractivity contribution in [1.82, 2.24) is 4.90 Å². The number of aliphatic carboxylic acids is 1. The molecule has 1 aliphatic rings. The Labute approximate surface area is 120 Å². The molecule has 0 aromatic heterocycles. The number of rotatable bonds is 5. The zero-order chi connectivity index (χ0) is 14.5. The van der Waals surface area contributed by atoms with Gasteiger partial charge in [-0.05, 0) is 50.8 Å². The summed E-state index contributed by atoms with van der Waals surface area (Å²) in [4.78, 5) is 13.2. The van der Waals surface area contributed by atoms with Crippen LogP contribution in [0.25, 0.3) is 0 Å². The Kier molecular flexibility index (Phi) is 5.15. The molecular formula is C16H24N2O2. The molecule has 0 bridgehead atoms. The highest BCUT2D eigenvalue weighted by Gasteiger charge is 2.23. The fourth-order valence-electron chi connectivity index (χ4n) is 2.91. The van der Waals surface area contributed by atoms with Crippen molar-refractivity contribution in [2.24, 2.45) is 11.7 Å². The Hall–Kier alpha value is -1.39. The van der Waals surface area contributed by atoms with Crippen LogP contribution in [-0.4, -0.2) is 35.1 Å². The van der Waals surface area contributed by atoms with Gasteiger partial charge in [-0.25, -0.2) is 0 Å². The average molecular weight is 276 g/mol. The molecule has 0 aliphatic carbocycles. The largest absolute Gasteiger partial charge is 0.480 e. The SMILES string of the molecule is Cc1cccc(CN2CCC(CC(N)C(=O)O)CC2)c1. The first-order valence-corrected chi connectivity index (χ1v) is 7.31. The second-order valence-electron chi connectivity index (χ2n) is 5.89. The Balaban J connectivity index is 1.78. The van der Waals surface area contributed by atoms with Crippen LogP contribution in [0.4, 0.5) is 0 Å². The molecule has 0 amide bonds. The van der Waals surface area contributed by atoms with E-state index in [2.05, 4.69) is 36.1 Å². The van der Waals surface area contributed by atoms with E-state index in [1.165, 1.54) is 11.1 Å². The quantitative estimate of drug-likeness (QED) is 0.863. The second-order valence-corrected chi connectivity index (χ2v) is 5.89. The minimum Gasteiger partial charge on any atom is -0.480 e. The van der Waals surface area contributed by atoms with Gasteiger partial charge in [-0.1, -0.05) is 29.8 Å². The topological polar surface area (TPSA) is 66.6 Å². The Morgan fingerprint density at radius 3 is 2.75 bits per heavy atom. The number of hydrogen-bond donors (Lipinski definition) is 2. The number of carboxylic acids is 1. The molecule has 0 spiro atoms. The van der Waals surface area contributed by atoms with Crippen molar-refractivity contribution in [3.8, 4) is 0 Å². The van der Waals surface area contributed by atoms with Crippen molar-refractivity contribution in [3.63, 3.8) is 0 Å². The van der Waals surface area contributed by atoms with E-state index in [9.17, 15) is 4.79 Å². The van der Waals surface area contributed by atoms with Gasteiger partial charge in [0.05, 0.1) is 0 Å². The van der Waals surface area contributed by atoms with Crippen LogP contribution in [0, 0.1) is 12.8 Å². The minimum absolute atomic E-state index is 0.454. The first kappa shape index (κ1) is 15.0. The highest BCUT2D eigenvalue weighted by atomic mass is 16.4. The average Bonchev–Trinajstić information content (AvgIpc) is 2.41. The third-order valence-corrected chi connectivity index (χ3v) is 4.10. The molecule has 1 saturated heterocycles. The van der Waals surface area contributed by atoms with E-state index in [-0.39, 0.29) is 0 Å². The zero-order valence-electron chi connectivity index (χ0n) is 12.1. The monoisotopic (exact) mass is 276 g/mol. The van der Waals surface area contributed by atoms with Gasteiger partial charge in [-0.3, -0.25) is 9.69 Å². The number of nitrogens with two attached hydrogens (primary N) is 1. The maximum absolute atomic E-state index is 10.8. The highest BCUT2D eigenvalue weighted by Crippen LogP contribution is 2.23. The van der Waals surface area contributed by atoms with Crippen LogP contribution in [0.5, 0.6) is 0 Å². The normalized spacial score (nSPS) is 18.9. The maximum Gasteiger partial charge on any atom is 0.320 e. The summed E-state index contributed by atoms with van der Waals surface area (Å²) in [7, 11) is 0. The third-order valence-electron chi connectivity index (χ3n) is 4.10. The van der Waals surface area contributed by atoms with E-state index in [0.29, 0.717) is 12.3 Å². The summed E-state index contributed by atoms with van der Waals surface area (Å²) in [5.74, 6) is -0.429. The number of likely N-dealkylation sites (tertiary alicyclic amines) is 1. The van der Waals surface area contributed by atoms with Crippen molar-refractivity contribution in [1.29, 1.82) is 0 Å². The molecule has 4 heteroatoms. The molecule has 1 aliphatic heterocycles. The third kappa shape index (κ3) is 4.32. The summed E-state index contributed by atoms with van der Waals surface area (Å²) in [6.45, 7) is 5.16. The first-order chi connectivity index (χ1) is 9.54. The first-order valence-electron chi connectivity index (χ1n) is 7.31. The van der Waals surface area contributed by atoms with Gasteiger partial charge in [0.2, 0.25) is 0 Å². The zero-order valence-corrected chi connectivity index (χ0v) is 12.1. The lowest BCUT2D eigenvalue weighted by atomic mass is 9.90. The molecule has 1 unspecified atom stereocenters. The number of piperidine rings is 1. The fourth-order valence-corrected chi connectivity index (χ4v) is 2.91. The predicted molar refractivity (Wildman–Crippen MR) is 79.4 cm³/mol. The van der Waals surface area contributed by atoms with E-state index in [1.54, 1.807) is 0 Å². The molecule has 20 heavy (non-hydrogen) atoms. The van der Waals surface area contributed by atoms with Crippen LogP contribution in [-0.2, 0) is 11.3 Å². The maximum atomic E-state index is 10.8. The van der Waals surface area contributed by atoms with Crippen LogP contribution >= 0.6 is 0 Å². The van der Waals surface area contributed by atoms with Crippen LogP contribution in [0.2, 0.25) is 0 Å². The van der Waals surface area contributed by atoms with E-state index in [0.717, 1.165) is 32.5 Å². The van der Waals surface area contributed by atoms with E-state index in [4.69, 9.17) is 10.8 Å². The van der Waals surface area contributed by atoms with Gasteiger partial charge in [0, 0.05) is 6.54 Å². The van der Waals surface area contributed by atoms with Crippen LogP contribution in [0.15, 0.2) is 24.3 Å². The van der Waals surface area contributed by atoms with Crippen LogP contribution in [0.1, 0.15) is 30.4 Å². The van der Waals surface area contributed by atoms with Crippen molar-refractivity contribution in [3.05, 3.63) is 35.4 Å². The molecule has 1 aromatic carbocycles. The lowest BCUT2D eigenvalue weighted by molar-refractivity contribution is -0.139. The van der Waals surface area contributed by atoms with E-state index < -0.39 is 12.0 Å². The Bertz CT molecular complexity index is 454. The van der Waals surface area contributed by atoms with Gasteiger partial charge >= 0.3 is 5.97 Å². The Morgan fingerprint density at radius 1 is 1.45 bits per heavy atom. The molecule has 1 atom stereocenters. The molecule has 3 N–H and O–H groups in total.